The van der Waals surface area contributed by atoms with Gasteiger partial charge in [0.05, 0.1) is 0 Å². The van der Waals surface area contributed by atoms with E-state index in [4.69, 9.17) is 23.2 Å². The van der Waals surface area contributed by atoms with E-state index >= 15 is 0 Å². The third-order valence-corrected chi connectivity index (χ3v) is 2.67. The van der Waals surface area contributed by atoms with Crippen LogP contribution in [0.2, 0.25) is 5.02 Å². The van der Waals surface area contributed by atoms with Crippen LogP contribution in [0.4, 0.5) is 0 Å². The highest BCUT2D eigenvalue weighted by atomic mass is 35.5. The molecule has 0 aliphatic rings. The molecule has 0 saturated heterocycles. The molecular formula is C10H12Cl2. The Balaban J connectivity index is 2.69. The van der Waals surface area contributed by atoms with E-state index in [2.05, 4.69) is 6.92 Å². The molecule has 0 aromatic heterocycles. The van der Waals surface area contributed by atoms with E-state index in [0.29, 0.717) is 0 Å². The molecular weight excluding hydrogens is 191 g/mol. The Bertz CT molecular complexity index is 245. The lowest BCUT2D eigenvalue weighted by Gasteiger charge is -2.07. The maximum Gasteiger partial charge on any atom is 0.0438 e. The van der Waals surface area contributed by atoms with Gasteiger partial charge in [-0.05, 0) is 24.5 Å². The van der Waals surface area contributed by atoms with Crippen LogP contribution in [0.25, 0.3) is 0 Å². The van der Waals surface area contributed by atoms with Gasteiger partial charge in [0.1, 0.15) is 0 Å². The van der Waals surface area contributed by atoms with E-state index in [-0.39, 0.29) is 5.38 Å². The maximum absolute atomic E-state index is 6.01. The first kappa shape index (κ1) is 9.88. The van der Waals surface area contributed by atoms with E-state index < -0.39 is 0 Å². The van der Waals surface area contributed by atoms with Gasteiger partial charge in [0.15, 0.2) is 0 Å². The van der Waals surface area contributed by atoms with Crippen molar-refractivity contribution in [3.63, 3.8) is 0 Å². The lowest BCUT2D eigenvalue weighted by Crippen LogP contribution is -2.01. The molecule has 66 valence electrons. The molecule has 0 aliphatic heterocycles. The summed E-state index contributed by atoms with van der Waals surface area (Å²) in [6, 6.07) is 7.84. The SMILES string of the molecule is CCC(Cl)Cc1ccccc1Cl. The second-order valence-electron chi connectivity index (χ2n) is 2.80. The Morgan fingerprint density at radius 3 is 2.58 bits per heavy atom. The van der Waals surface area contributed by atoms with Crippen molar-refractivity contribution in [3.05, 3.63) is 34.9 Å². The molecule has 0 radical (unpaired) electrons. The molecule has 0 aliphatic carbocycles. The van der Waals surface area contributed by atoms with Crippen molar-refractivity contribution in [1.82, 2.24) is 0 Å². The Hall–Kier alpha value is -0.200. The van der Waals surface area contributed by atoms with Crippen molar-refractivity contribution in [2.24, 2.45) is 0 Å². The number of hydrogen-bond acceptors (Lipinski definition) is 0. The van der Waals surface area contributed by atoms with Crippen LogP contribution >= 0.6 is 23.2 Å². The van der Waals surface area contributed by atoms with Crippen LogP contribution in [0.5, 0.6) is 0 Å². The zero-order chi connectivity index (χ0) is 8.97. The number of rotatable bonds is 3. The third-order valence-electron chi connectivity index (χ3n) is 1.84. The summed E-state index contributed by atoms with van der Waals surface area (Å²) in [4.78, 5) is 0. The van der Waals surface area contributed by atoms with E-state index in [0.717, 1.165) is 23.4 Å². The quantitative estimate of drug-likeness (QED) is 0.653. The van der Waals surface area contributed by atoms with Crippen molar-refractivity contribution in [3.8, 4) is 0 Å². The van der Waals surface area contributed by atoms with Gasteiger partial charge < -0.3 is 0 Å². The first-order valence-corrected chi connectivity index (χ1v) is 4.93. The predicted molar refractivity (Wildman–Crippen MR) is 55.1 cm³/mol. The molecule has 0 N–H and O–H groups in total. The molecule has 1 atom stereocenters. The summed E-state index contributed by atoms with van der Waals surface area (Å²) in [5.41, 5.74) is 1.14. The molecule has 1 unspecified atom stereocenters. The molecule has 0 bridgehead atoms. The van der Waals surface area contributed by atoms with Crippen LogP contribution in [0, 0.1) is 0 Å². The average molecular weight is 203 g/mol. The zero-order valence-corrected chi connectivity index (χ0v) is 8.57. The number of alkyl halides is 1. The fourth-order valence-corrected chi connectivity index (χ4v) is 1.43. The molecule has 1 aromatic rings. The monoisotopic (exact) mass is 202 g/mol. The molecule has 12 heavy (non-hydrogen) atoms. The number of hydrogen-bond donors (Lipinski definition) is 0. The zero-order valence-electron chi connectivity index (χ0n) is 7.06. The summed E-state index contributed by atoms with van der Waals surface area (Å²) in [7, 11) is 0. The summed E-state index contributed by atoms with van der Waals surface area (Å²) in [5, 5.41) is 1.02. The van der Waals surface area contributed by atoms with Gasteiger partial charge in [-0.15, -0.1) is 11.6 Å². The first-order valence-electron chi connectivity index (χ1n) is 4.11. The Labute approximate surface area is 83.5 Å². The Kier molecular flexibility index (Phi) is 3.90. The highest BCUT2D eigenvalue weighted by Gasteiger charge is 2.05. The van der Waals surface area contributed by atoms with Crippen molar-refractivity contribution >= 4 is 23.2 Å². The normalized spacial score (nSPS) is 12.9. The highest BCUT2D eigenvalue weighted by Crippen LogP contribution is 2.19. The van der Waals surface area contributed by atoms with Gasteiger partial charge in [-0.2, -0.15) is 0 Å². The van der Waals surface area contributed by atoms with Crippen LogP contribution in [-0.4, -0.2) is 5.38 Å². The highest BCUT2D eigenvalue weighted by molar-refractivity contribution is 6.31. The van der Waals surface area contributed by atoms with E-state index in [1.807, 2.05) is 24.3 Å². The number of halogens is 2. The van der Waals surface area contributed by atoms with Gasteiger partial charge in [-0.1, -0.05) is 36.7 Å². The fourth-order valence-electron chi connectivity index (χ4n) is 1.05. The van der Waals surface area contributed by atoms with E-state index in [1.165, 1.54) is 0 Å². The van der Waals surface area contributed by atoms with E-state index in [1.54, 1.807) is 0 Å². The van der Waals surface area contributed by atoms with Gasteiger partial charge in [0, 0.05) is 10.4 Å². The summed E-state index contributed by atoms with van der Waals surface area (Å²) in [5.74, 6) is 0. The fraction of sp³-hybridized carbons (Fsp3) is 0.400. The third kappa shape index (κ3) is 2.69. The van der Waals surface area contributed by atoms with Gasteiger partial charge in [0.2, 0.25) is 0 Å². The number of benzene rings is 1. The van der Waals surface area contributed by atoms with Crippen LogP contribution < -0.4 is 0 Å². The maximum atomic E-state index is 6.01. The summed E-state index contributed by atoms with van der Waals surface area (Å²) in [6.45, 7) is 2.08. The minimum absolute atomic E-state index is 0.199. The van der Waals surface area contributed by atoms with Crippen molar-refractivity contribution in [2.45, 2.75) is 25.1 Å². The largest absolute Gasteiger partial charge is 0.123 e. The minimum Gasteiger partial charge on any atom is -0.123 e. The molecule has 0 saturated carbocycles. The molecule has 1 aromatic carbocycles. The van der Waals surface area contributed by atoms with E-state index in [9.17, 15) is 0 Å². The van der Waals surface area contributed by atoms with Gasteiger partial charge >= 0.3 is 0 Å². The summed E-state index contributed by atoms with van der Waals surface area (Å²) >= 11 is 12.0. The Morgan fingerprint density at radius 1 is 1.33 bits per heavy atom. The molecule has 0 heterocycles. The lowest BCUT2D eigenvalue weighted by molar-refractivity contribution is 0.805. The topological polar surface area (TPSA) is 0 Å². The van der Waals surface area contributed by atoms with Gasteiger partial charge in [-0.3, -0.25) is 0 Å². The summed E-state index contributed by atoms with van der Waals surface area (Å²) in [6.07, 6.45) is 1.84. The Morgan fingerprint density at radius 2 is 2.00 bits per heavy atom. The van der Waals surface area contributed by atoms with Gasteiger partial charge in [-0.25, -0.2) is 0 Å². The molecule has 2 heteroatoms. The second kappa shape index (κ2) is 4.74. The molecule has 0 spiro atoms. The summed E-state index contributed by atoms with van der Waals surface area (Å²) < 4.78 is 0. The smallest absolute Gasteiger partial charge is 0.0438 e. The standard InChI is InChI=1S/C10H12Cl2/c1-2-9(11)7-8-5-3-4-6-10(8)12/h3-6,9H,2,7H2,1H3. The van der Waals surface area contributed by atoms with Crippen molar-refractivity contribution in [1.29, 1.82) is 0 Å². The van der Waals surface area contributed by atoms with Crippen LogP contribution in [0.1, 0.15) is 18.9 Å². The van der Waals surface area contributed by atoms with Crippen LogP contribution in [0.3, 0.4) is 0 Å². The molecule has 0 nitrogen and oxygen atoms in total. The van der Waals surface area contributed by atoms with Crippen molar-refractivity contribution in [2.75, 3.05) is 0 Å². The average Bonchev–Trinajstić information content (AvgIpc) is 2.09. The van der Waals surface area contributed by atoms with Crippen LogP contribution in [0.15, 0.2) is 24.3 Å². The lowest BCUT2D eigenvalue weighted by atomic mass is 10.1. The molecule has 1 rings (SSSR count). The van der Waals surface area contributed by atoms with Crippen molar-refractivity contribution < 1.29 is 0 Å². The van der Waals surface area contributed by atoms with Crippen LogP contribution in [-0.2, 0) is 6.42 Å². The first-order chi connectivity index (χ1) is 5.74. The minimum atomic E-state index is 0.199. The predicted octanol–water partition coefficient (Wildman–Crippen LogP) is 3.90. The van der Waals surface area contributed by atoms with Gasteiger partial charge in [0.25, 0.3) is 0 Å². The molecule has 0 amide bonds. The molecule has 0 fully saturated rings. The second-order valence-corrected chi connectivity index (χ2v) is 3.83.